The lowest BCUT2D eigenvalue weighted by Gasteiger charge is -2.27. The molecule has 1 N–H and O–H groups in total. The first-order valence-corrected chi connectivity index (χ1v) is 9.96. The van der Waals surface area contributed by atoms with Gasteiger partial charge in [0.2, 0.25) is 5.91 Å². The fourth-order valence-electron chi connectivity index (χ4n) is 3.93. The Morgan fingerprint density at radius 2 is 2.27 bits per heavy atom. The molecule has 2 bridgehead atoms. The molecule has 3 saturated heterocycles. The number of carbonyl (C=O) groups excluding carboxylic acids is 2. The Morgan fingerprint density at radius 1 is 1.42 bits per heavy atom. The van der Waals surface area contributed by atoms with Gasteiger partial charge in [-0.3, -0.25) is 9.69 Å². The van der Waals surface area contributed by atoms with Crippen molar-refractivity contribution in [1.29, 1.82) is 0 Å². The summed E-state index contributed by atoms with van der Waals surface area (Å²) in [6.45, 7) is 2.85. The van der Waals surface area contributed by atoms with Gasteiger partial charge in [0.25, 0.3) is 0 Å². The lowest BCUT2D eigenvalue weighted by molar-refractivity contribution is -0.119. The van der Waals surface area contributed by atoms with Gasteiger partial charge in [0.15, 0.2) is 0 Å². The van der Waals surface area contributed by atoms with Gasteiger partial charge in [-0.25, -0.2) is 9.18 Å². The molecule has 6 nitrogen and oxygen atoms in total. The molecule has 140 valence electrons. The number of ether oxygens (including phenoxy) is 1. The summed E-state index contributed by atoms with van der Waals surface area (Å²) in [6, 6.07) is 5.37. The van der Waals surface area contributed by atoms with Gasteiger partial charge in [-0.15, -0.1) is 0 Å². The minimum atomic E-state index is -0.513. The lowest BCUT2D eigenvalue weighted by atomic mass is 10.1. The van der Waals surface area contributed by atoms with Crippen LogP contribution < -0.4 is 15.1 Å². The van der Waals surface area contributed by atoms with Crippen LogP contribution in [0.5, 0.6) is 0 Å². The van der Waals surface area contributed by atoms with Gasteiger partial charge in [-0.05, 0) is 36.8 Å². The molecule has 0 aliphatic carbocycles. The number of anilines is 2. The Hall–Kier alpha value is -1.96. The maximum atomic E-state index is 14.8. The van der Waals surface area contributed by atoms with Crippen molar-refractivity contribution in [2.24, 2.45) is 0 Å². The standard InChI is InChI=1S/C18H22FN3O3S/c1-11(23)20-8-14-9-22(18(24)25-14)12-2-3-17(16(19)7-12)21-10-15-6-13(21)4-5-26-15/h2-3,7,13-15H,4-6,8-10H2,1H3,(H,20,23). The van der Waals surface area contributed by atoms with E-state index in [0.29, 0.717) is 29.2 Å². The molecule has 8 heteroatoms. The average Bonchev–Trinajstić information content (AvgIpc) is 3.12. The van der Waals surface area contributed by atoms with Gasteiger partial charge in [0.1, 0.15) is 11.9 Å². The number of cyclic esters (lactones) is 1. The summed E-state index contributed by atoms with van der Waals surface area (Å²) in [5.74, 6) is 0.656. The van der Waals surface area contributed by atoms with Gasteiger partial charge in [0, 0.05) is 24.8 Å². The highest BCUT2D eigenvalue weighted by molar-refractivity contribution is 8.00. The van der Waals surface area contributed by atoms with Crippen molar-refractivity contribution in [1.82, 2.24) is 5.32 Å². The van der Waals surface area contributed by atoms with Crippen molar-refractivity contribution in [3.05, 3.63) is 24.0 Å². The van der Waals surface area contributed by atoms with Crippen LogP contribution in [-0.4, -0.2) is 54.8 Å². The largest absolute Gasteiger partial charge is 0.442 e. The molecule has 3 aliphatic heterocycles. The van der Waals surface area contributed by atoms with E-state index in [1.54, 1.807) is 12.1 Å². The summed E-state index contributed by atoms with van der Waals surface area (Å²) in [4.78, 5) is 26.7. The maximum Gasteiger partial charge on any atom is 0.414 e. The average molecular weight is 379 g/mol. The summed E-state index contributed by atoms with van der Waals surface area (Å²) >= 11 is 1.98. The number of fused-ring (bicyclic) bond motifs is 2. The van der Waals surface area contributed by atoms with E-state index in [1.807, 2.05) is 11.8 Å². The Labute approximate surface area is 156 Å². The number of thioether (sulfide) groups is 1. The second kappa shape index (κ2) is 6.98. The third kappa shape index (κ3) is 3.34. The molecule has 26 heavy (non-hydrogen) atoms. The van der Waals surface area contributed by atoms with Crippen LogP contribution in [0.2, 0.25) is 0 Å². The van der Waals surface area contributed by atoms with E-state index in [-0.39, 0.29) is 18.3 Å². The molecule has 3 fully saturated rings. The smallest absolute Gasteiger partial charge is 0.414 e. The topological polar surface area (TPSA) is 61.9 Å². The van der Waals surface area contributed by atoms with Crippen LogP contribution in [0.3, 0.4) is 0 Å². The molecule has 3 atom stereocenters. The van der Waals surface area contributed by atoms with E-state index in [0.717, 1.165) is 25.1 Å². The van der Waals surface area contributed by atoms with E-state index < -0.39 is 12.2 Å². The fraction of sp³-hybridized carbons (Fsp3) is 0.556. The Morgan fingerprint density at radius 3 is 3.00 bits per heavy atom. The summed E-state index contributed by atoms with van der Waals surface area (Å²) in [5, 5.41) is 3.23. The SMILES string of the molecule is CC(=O)NCC1CN(c2ccc(N3CC4CC3CCS4)c(F)c2)C(=O)O1. The number of carbonyl (C=O) groups is 2. The van der Waals surface area contributed by atoms with Crippen LogP contribution in [0.1, 0.15) is 19.8 Å². The minimum absolute atomic E-state index is 0.177. The zero-order valence-corrected chi connectivity index (χ0v) is 15.4. The van der Waals surface area contributed by atoms with Gasteiger partial charge in [0.05, 0.1) is 24.5 Å². The van der Waals surface area contributed by atoms with Crippen molar-refractivity contribution < 1.29 is 18.7 Å². The molecular weight excluding hydrogens is 357 g/mol. The zero-order chi connectivity index (χ0) is 18.3. The Bertz CT molecular complexity index is 732. The highest BCUT2D eigenvalue weighted by atomic mass is 32.2. The number of benzene rings is 1. The first-order valence-electron chi connectivity index (χ1n) is 8.91. The summed E-state index contributed by atoms with van der Waals surface area (Å²) < 4.78 is 20.0. The van der Waals surface area contributed by atoms with Crippen LogP contribution in [0.15, 0.2) is 18.2 Å². The molecule has 3 heterocycles. The molecule has 0 radical (unpaired) electrons. The maximum absolute atomic E-state index is 14.8. The highest BCUT2D eigenvalue weighted by Gasteiger charge is 2.37. The van der Waals surface area contributed by atoms with Crippen molar-refractivity contribution >= 4 is 35.1 Å². The summed E-state index contributed by atoms with van der Waals surface area (Å²) in [5.41, 5.74) is 1.10. The summed E-state index contributed by atoms with van der Waals surface area (Å²) in [6.07, 6.45) is 1.27. The van der Waals surface area contributed by atoms with Crippen molar-refractivity contribution in [3.8, 4) is 0 Å². The third-order valence-corrected chi connectivity index (χ3v) is 6.47. The molecule has 4 rings (SSSR count). The number of nitrogens with one attached hydrogen (secondary N) is 1. The van der Waals surface area contributed by atoms with Crippen molar-refractivity contribution in [2.75, 3.05) is 35.2 Å². The van der Waals surface area contributed by atoms with Crippen molar-refractivity contribution in [2.45, 2.75) is 37.2 Å². The molecule has 1 aromatic rings. The molecule has 3 aliphatic rings. The molecule has 1 aromatic carbocycles. The second-order valence-corrected chi connectivity index (χ2v) is 8.42. The van der Waals surface area contributed by atoms with Gasteiger partial charge in [-0.2, -0.15) is 11.8 Å². The predicted molar refractivity (Wildman–Crippen MR) is 99.3 cm³/mol. The number of nitrogens with zero attached hydrogens (tertiary/aromatic N) is 2. The van der Waals surface area contributed by atoms with E-state index in [4.69, 9.17) is 4.74 Å². The van der Waals surface area contributed by atoms with Gasteiger partial charge >= 0.3 is 6.09 Å². The second-order valence-electron chi connectivity index (χ2n) is 7.01. The molecule has 0 saturated carbocycles. The highest BCUT2D eigenvalue weighted by Crippen LogP contribution is 2.40. The quantitative estimate of drug-likeness (QED) is 0.870. The van der Waals surface area contributed by atoms with Crippen LogP contribution >= 0.6 is 11.8 Å². The molecule has 2 amide bonds. The molecular formula is C18H22FN3O3S. The van der Waals surface area contributed by atoms with Gasteiger partial charge in [-0.1, -0.05) is 0 Å². The van der Waals surface area contributed by atoms with E-state index in [9.17, 15) is 14.0 Å². The van der Waals surface area contributed by atoms with E-state index >= 15 is 0 Å². The number of hydrogen-bond donors (Lipinski definition) is 1. The van der Waals surface area contributed by atoms with E-state index in [1.165, 1.54) is 17.9 Å². The molecule has 3 unspecified atom stereocenters. The minimum Gasteiger partial charge on any atom is -0.442 e. The lowest BCUT2D eigenvalue weighted by Crippen LogP contribution is -2.33. The van der Waals surface area contributed by atoms with Crippen LogP contribution in [0.25, 0.3) is 0 Å². The predicted octanol–water partition coefficient (Wildman–Crippen LogP) is 2.37. The summed E-state index contributed by atoms with van der Waals surface area (Å²) in [7, 11) is 0. The molecule has 0 spiro atoms. The number of amides is 2. The van der Waals surface area contributed by atoms with Crippen LogP contribution in [0, 0.1) is 5.82 Å². The number of rotatable bonds is 4. The first-order chi connectivity index (χ1) is 12.5. The number of halogens is 1. The Balaban J connectivity index is 1.48. The normalized spacial score (nSPS) is 27.6. The van der Waals surface area contributed by atoms with Crippen molar-refractivity contribution in [3.63, 3.8) is 0 Å². The Kier molecular flexibility index (Phi) is 4.69. The monoisotopic (exact) mass is 379 g/mol. The van der Waals surface area contributed by atoms with Crippen LogP contribution in [0.4, 0.5) is 20.6 Å². The number of hydrogen-bond acceptors (Lipinski definition) is 5. The zero-order valence-electron chi connectivity index (χ0n) is 14.6. The van der Waals surface area contributed by atoms with Crippen LogP contribution in [-0.2, 0) is 9.53 Å². The van der Waals surface area contributed by atoms with Gasteiger partial charge < -0.3 is 15.0 Å². The van der Waals surface area contributed by atoms with E-state index in [2.05, 4.69) is 10.2 Å². The molecule has 0 aromatic heterocycles. The fourth-order valence-corrected chi connectivity index (χ4v) is 5.29. The third-order valence-electron chi connectivity index (χ3n) is 5.19. The first kappa shape index (κ1) is 17.5.